The lowest BCUT2D eigenvalue weighted by molar-refractivity contribution is -0.117. The van der Waals surface area contributed by atoms with Gasteiger partial charge in [-0.05, 0) is 37.1 Å². The molecule has 29 heavy (non-hydrogen) atoms. The number of halogens is 1. The van der Waals surface area contributed by atoms with Gasteiger partial charge in [-0.25, -0.2) is 4.39 Å². The van der Waals surface area contributed by atoms with Crippen molar-refractivity contribution < 1.29 is 17.6 Å². The number of carbonyl (C=O) groups excluding carboxylic acids is 1. The van der Waals surface area contributed by atoms with Crippen LogP contribution in [0, 0.1) is 5.82 Å². The molecule has 7 nitrogen and oxygen atoms in total. The number of nitrogens with zero attached hydrogens (tertiary/aromatic N) is 3. The van der Waals surface area contributed by atoms with E-state index in [4.69, 9.17) is 0 Å². The summed E-state index contributed by atoms with van der Waals surface area (Å²) in [4.78, 5) is 14.1. The Labute approximate surface area is 174 Å². The van der Waals surface area contributed by atoms with Crippen LogP contribution in [0.15, 0.2) is 24.3 Å². The summed E-state index contributed by atoms with van der Waals surface area (Å²) >= 11 is 0. The highest BCUT2D eigenvalue weighted by molar-refractivity contribution is 7.86. The molecule has 0 aromatic heterocycles. The minimum Gasteiger partial charge on any atom is -0.325 e. The van der Waals surface area contributed by atoms with Crippen molar-refractivity contribution in [2.75, 3.05) is 51.1 Å². The van der Waals surface area contributed by atoms with Crippen LogP contribution in [0.4, 0.5) is 10.1 Å². The highest BCUT2D eigenvalue weighted by Crippen LogP contribution is 2.15. The van der Waals surface area contributed by atoms with Crippen LogP contribution in [0.3, 0.4) is 0 Å². The maximum atomic E-state index is 13.0. The summed E-state index contributed by atoms with van der Waals surface area (Å²) in [5.74, 6) is -0.548. The number of unbranched alkanes of at least 4 members (excludes halogenated alkanes) is 2. The number of amides is 1. The topological polar surface area (TPSA) is 73.0 Å². The van der Waals surface area contributed by atoms with Crippen molar-refractivity contribution in [3.8, 4) is 0 Å². The van der Waals surface area contributed by atoms with E-state index in [0.717, 1.165) is 25.7 Å². The second-order valence-electron chi connectivity index (χ2n) is 7.34. The lowest BCUT2D eigenvalue weighted by Crippen LogP contribution is -2.54. The average Bonchev–Trinajstić information content (AvgIpc) is 2.70. The zero-order chi connectivity index (χ0) is 21.3. The third-order valence-corrected chi connectivity index (χ3v) is 7.04. The number of hydrogen-bond donors (Lipinski definition) is 1. The molecule has 1 aromatic carbocycles. The third kappa shape index (κ3) is 7.33. The van der Waals surface area contributed by atoms with Gasteiger partial charge in [0, 0.05) is 45.0 Å². The number of benzene rings is 1. The van der Waals surface area contributed by atoms with Gasteiger partial charge >= 0.3 is 0 Å². The molecule has 0 radical (unpaired) electrons. The monoisotopic (exact) mass is 428 g/mol. The Morgan fingerprint density at radius 2 is 1.59 bits per heavy atom. The highest BCUT2D eigenvalue weighted by Gasteiger charge is 2.32. The Morgan fingerprint density at radius 3 is 2.10 bits per heavy atom. The van der Waals surface area contributed by atoms with E-state index in [1.54, 1.807) is 4.31 Å². The quantitative estimate of drug-likeness (QED) is 0.588. The molecule has 9 heteroatoms. The van der Waals surface area contributed by atoms with Crippen molar-refractivity contribution in [3.05, 3.63) is 30.1 Å². The lowest BCUT2D eigenvalue weighted by atomic mass is 10.3. The summed E-state index contributed by atoms with van der Waals surface area (Å²) in [7, 11) is -3.47. The van der Waals surface area contributed by atoms with Crippen molar-refractivity contribution in [3.63, 3.8) is 0 Å². The average molecular weight is 429 g/mol. The van der Waals surface area contributed by atoms with Crippen LogP contribution in [0.2, 0.25) is 0 Å². The Kier molecular flexibility index (Phi) is 9.48. The van der Waals surface area contributed by atoms with Gasteiger partial charge in [-0.2, -0.15) is 17.0 Å². The van der Waals surface area contributed by atoms with Crippen molar-refractivity contribution in [2.45, 2.75) is 39.5 Å². The van der Waals surface area contributed by atoms with E-state index in [9.17, 15) is 17.6 Å². The first-order chi connectivity index (χ1) is 13.9. The van der Waals surface area contributed by atoms with E-state index in [1.807, 2.05) is 4.90 Å². The normalized spacial score (nSPS) is 16.3. The predicted molar refractivity (Wildman–Crippen MR) is 113 cm³/mol. The van der Waals surface area contributed by atoms with Gasteiger partial charge in [0.1, 0.15) is 5.82 Å². The van der Waals surface area contributed by atoms with Crippen molar-refractivity contribution >= 4 is 21.8 Å². The Morgan fingerprint density at radius 1 is 1.03 bits per heavy atom. The van der Waals surface area contributed by atoms with Crippen LogP contribution in [-0.2, 0) is 15.0 Å². The fourth-order valence-electron chi connectivity index (χ4n) is 3.23. The molecule has 164 valence electrons. The molecule has 1 amide bonds. The molecule has 0 aliphatic carbocycles. The van der Waals surface area contributed by atoms with Gasteiger partial charge in [0.2, 0.25) is 5.91 Å². The van der Waals surface area contributed by atoms with Gasteiger partial charge in [0.25, 0.3) is 10.2 Å². The minimum atomic E-state index is -3.47. The van der Waals surface area contributed by atoms with Gasteiger partial charge in [-0.1, -0.05) is 26.7 Å². The molecule has 0 spiro atoms. The zero-order valence-electron chi connectivity index (χ0n) is 17.4. The van der Waals surface area contributed by atoms with E-state index < -0.39 is 10.2 Å². The van der Waals surface area contributed by atoms with Gasteiger partial charge in [-0.15, -0.1) is 0 Å². The SMILES string of the molecule is CCCCN(CCCC)S(=O)(=O)N1CCN(CC(=O)Nc2ccc(F)cc2)CC1. The molecule has 1 saturated heterocycles. The van der Waals surface area contributed by atoms with E-state index >= 15 is 0 Å². The maximum Gasteiger partial charge on any atom is 0.282 e. The first kappa shape index (κ1) is 23.7. The lowest BCUT2D eigenvalue weighted by Gasteiger charge is -2.36. The maximum absolute atomic E-state index is 13.0. The largest absolute Gasteiger partial charge is 0.325 e. The van der Waals surface area contributed by atoms with E-state index in [0.29, 0.717) is 45.0 Å². The number of rotatable bonds is 11. The number of nitrogens with one attached hydrogen (secondary N) is 1. The van der Waals surface area contributed by atoms with Gasteiger partial charge in [0.15, 0.2) is 0 Å². The summed E-state index contributed by atoms with van der Waals surface area (Å²) in [6, 6.07) is 5.61. The highest BCUT2D eigenvalue weighted by atomic mass is 32.2. The smallest absolute Gasteiger partial charge is 0.282 e. The van der Waals surface area contributed by atoms with Gasteiger partial charge < -0.3 is 5.32 Å². The van der Waals surface area contributed by atoms with E-state index in [2.05, 4.69) is 19.2 Å². The molecule has 0 bridgehead atoms. The Bertz CT molecular complexity index is 727. The first-order valence-corrected chi connectivity index (χ1v) is 11.8. The molecule has 2 rings (SSSR count). The van der Waals surface area contributed by atoms with Crippen LogP contribution >= 0.6 is 0 Å². The van der Waals surface area contributed by atoms with Crippen molar-refractivity contribution in [2.24, 2.45) is 0 Å². The third-order valence-electron chi connectivity index (χ3n) is 5.00. The van der Waals surface area contributed by atoms with Crippen molar-refractivity contribution in [1.29, 1.82) is 0 Å². The molecule has 1 heterocycles. The zero-order valence-corrected chi connectivity index (χ0v) is 18.3. The molecule has 0 unspecified atom stereocenters. The van der Waals surface area contributed by atoms with Crippen LogP contribution in [0.1, 0.15) is 39.5 Å². The molecule has 1 N–H and O–H groups in total. The standard InChI is InChI=1S/C20H33FN4O3S/c1-3-5-11-24(12-6-4-2)29(27,28)25-15-13-23(14-16-25)17-20(26)22-19-9-7-18(21)8-10-19/h7-10H,3-6,11-17H2,1-2H3,(H,22,26). The molecule has 1 aromatic rings. The number of hydrogen-bond acceptors (Lipinski definition) is 4. The fourth-order valence-corrected chi connectivity index (χ4v) is 4.90. The van der Waals surface area contributed by atoms with E-state index in [1.165, 1.54) is 28.6 Å². The molecular formula is C20H33FN4O3S. The molecule has 1 fully saturated rings. The molecule has 1 aliphatic heterocycles. The summed E-state index contributed by atoms with van der Waals surface area (Å²) in [5.41, 5.74) is 0.542. The summed E-state index contributed by atoms with van der Waals surface area (Å²) < 4.78 is 42.1. The molecule has 1 aliphatic rings. The van der Waals surface area contributed by atoms with Crippen LogP contribution < -0.4 is 5.32 Å². The molecule has 0 saturated carbocycles. The van der Waals surface area contributed by atoms with Crippen LogP contribution in [0.5, 0.6) is 0 Å². The predicted octanol–water partition coefficient (Wildman–Crippen LogP) is 2.53. The van der Waals surface area contributed by atoms with E-state index in [-0.39, 0.29) is 18.3 Å². The second-order valence-corrected chi connectivity index (χ2v) is 9.27. The van der Waals surface area contributed by atoms with Crippen LogP contribution in [0.25, 0.3) is 0 Å². The van der Waals surface area contributed by atoms with Gasteiger partial charge in [0.05, 0.1) is 6.54 Å². The van der Waals surface area contributed by atoms with Gasteiger partial charge in [-0.3, -0.25) is 9.69 Å². The minimum absolute atomic E-state index is 0.181. The first-order valence-electron chi connectivity index (χ1n) is 10.4. The molecule has 0 atom stereocenters. The van der Waals surface area contributed by atoms with Crippen molar-refractivity contribution in [1.82, 2.24) is 13.5 Å². The number of anilines is 1. The summed E-state index contributed by atoms with van der Waals surface area (Å²) in [6.07, 6.45) is 3.61. The summed E-state index contributed by atoms with van der Waals surface area (Å²) in [6.45, 7) is 7.17. The Balaban J connectivity index is 1.85. The van der Waals surface area contributed by atoms with Crippen LogP contribution in [-0.4, -0.2) is 73.6 Å². The Hall–Kier alpha value is -1.55. The summed E-state index contributed by atoms with van der Waals surface area (Å²) in [5, 5.41) is 2.74. The second kappa shape index (κ2) is 11.6. The molecular weight excluding hydrogens is 395 g/mol. The number of piperazine rings is 1. The number of carbonyl (C=O) groups is 1. The fraction of sp³-hybridized carbons (Fsp3) is 0.650.